The minimum absolute atomic E-state index is 0.244. The normalized spacial score (nSPS) is 24.4. The van der Waals surface area contributed by atoms with Crippen LogP contribution >= 0.6 is 0 Å². The van der Waals surface area contributed by atoms with Crippen molar-refractivity contribution >= 4 is 5.69 Å². The van der Waals surface area contributed by atoms with Crippen molar-refractivity contribution in [3.05, 3.63) is 24.0 Å². The van der Waals surface area contributed by atoms with Crippen molar-refractivity contribution in [2.75, 3.05) is 18.1 Å². The summed E-state index contributed by atoms with van der Waals surface area (Å²) in [7, 11) is 0. The number of anilines is 1. The Labute approximate surface area is 102 Å². The van der Waals surface area contributed by atoms with Crippen molar-refractivity contribution in [3.63, 3.8) is 0 Å². The third kappa shape index (κ3) is 2.56. The first-order valence-electron chi connectivity index (χ1n) is 5.99. The van der Waals surface area contributed by atoms with E-state index in [4.69, 9.17) is 10.00 Å². The Balaban J connectivity index is 2.20. The van der Waals surface area contributed by atoms with E-state index in [1.165, 1.54) is 0 Å². The van der Waals surface area contributed by atoms with E-state index in [1.807, 2.05) is 12.1 Å². The summed E-state index contributed by atoms with van der Waals surface area (Å²) in [6.07, 6.45) is 3.07. The van der Waals surface area contributed by atoms with Crippen LogP contribution < -0.4 is 4.90 Å². The number of hydrogen-bond acceptors (Lipinski definition) is 4. The van der Waals surface area contributed by atoms with Crippen LogP contribution in [0.3, 0.4) is 0 Å². The van der Waals surface area contributed by atoms with Crippen LogP contribution in [0.4, 0.5) is 5.69 Å². The number of ether oxygens (including phenoxy) is 1. The highest BCUT2D eigenvalue weighted by atomic mass is 16.5. The van der Waals surface area contributed by atoms with Crippen molar-refractivity contribution in [2.45, 2.75) is 32.4 Å². The molecule has 1 aliphatic rings. The van der Waals surface area contributed by atoms with Gasteiger partial charge < -0.3 is 9.64 Å². The Hall–Kier alpha value is -1.60. The highest BCUT2D eigenvalue weighted by molar-refractivity contribution is 5.47. The van der Waals surface area contributed by atoms with Gasteiger partial charge in [-0.05, 0) is 25.5 Å². The van der Waals surface area contributed by atoms with Crippen molar-refractivity contribution in [1.29, 1.82) is 5.26 Å². The molecule has 0 aromatic carbocycles. The molecule has 2 atom stereocenters. The monoisotopic (exact) mass is 231 g/mol. The van der Waals surface area contributed by atoms with Gasteiger partial charge in [-0.15, -0.1) is 0 Å². The van der Waals surface area contributed by atoms with Gasteiger partial charge in [0.05, 0.1) is 30.6 Å². The second-order valence-corrected chi connectivity index (χ2v) is 4.37. The fraction of sp³-hybridized carbons (Fsp3) is 0.538. The van der Waals surface area contributed by atoms with Crippen molar-refractivity contribution < 1.29 is 4.74 Å². The van der Waals surface area contributed by atoms with Gasteiger partial charge in [0, 0.05) is 6.54 Å². The van der Waals surface area contributed by atoms with Gasteiger partial charge in [0.2, 0.25) is 0 Å². The molecule has 0 bridgehead atoms. The smallest absolute Gasteiger partial charge is 0.140 e. The molecule has 1 fully saturated rings. The summed E-state index contributed by atoms with van der Waals surface area (Å²) in [5.74, 6) is 0. The molecule has 0 amide bonds. The third-order valence-corrected chi connectivity index (χ3v) is 3.13. The maximum atomic E-state index is 8.73. The average Bonchev–Trinajstić information content (AvgIpc) is 2.39. The zero-order valence-electron chi connectivity index (χ0n) is 10.3. The zero-order valence-corrected chi connectivity index (χ0v) is 10.3. The molecular weight excluding hydrogens is 214 g/mol. The minimum Gasteiger partial charge on any atom is -0.375 e. The van der Waals surface area contributed by atoms with Crippen molar-refractivity contribution in [1.82, 2.24) is 4.98 Å². The van der Waals surface area contributed by atoms with Crippen LogP contribution in [0.25, 0.3) is 0 Å². The van der Waals surface area contributed by atoms with E-state index in [0.29, 0.717) is 11.7 Å². The van der Waals surface area contributed by atoms with E-state index >= 15 is 0 Å². The summed E-state index contributed by atoms with van der Waals surface area (Å²) in [5.41, 5.74) is 1.54. The van der Waals surface area contributed by atoms with Gasteiger partial charge in [0.1, 0.15) is 11.8 Å². The first kappa shape index (κ1) is 11.9. The molecule has 1 aliphatic heterocycles. The van der Waals surface area contributed by atoms with E-state index in [2.05, 4.69) is 23.7 Å². The van der Waals surface area contributed by atoms with Gasteiger partial charge in [0.25, 0.3) is 0 Å². The summed E-state index contributed by atoms with van der Waals surface area (Å²) in [4.78, 5) is 6.44. The SMILES string of the molecule is CCC1COC(C)CN1c1ccc(C#N)nc1. The van der Waals surface area contributed by atoms with Crippen LogP contribution in [0.2, 0.25) is 0 Å². The van der Waals surface area contributed by atoms with E-state index in [1.54, 1.807) is 12.3 Å². The Morgan fingerprint density at radius 2 is 2.41 bits per heavy atom. The van der Waals surface area contributed by atoms with Crippen LogP contribution in [0.15, 0.2) is 18.3 Å². The minimum atomic E-state index is 0.244. The van der Waals surface area contributed by atoms with E-state index in [0.717, 1.165) is 25.3 Å². The fourth-order valence-electron chi connectivity index (χ4n) is 2.12. The molecule has 0 radical (unpaired) electrons. The van der Waals surface area contributed by atoms with Crippen LogP contribution in [0, 0.1) is 11.3 Å². The van der Waals surface area contributed by atoms with Gasteiger partial charge in [-0.2, -0.15) is 5.26 Å². The van der Waals surface area contributed by atoms with Gasteiger partial charge in [-0.1, -0.05) is 6.92 Å². The number of nitriles is 1. The second kappa shape index (κ2) is 5.15. The molecule has 0 spiro atoms. The Kier molecular flexibility index (Phi) is 3.60. The van der Waals surface area contributed by atoms with Gasteiger partial charge >= 0.3 is 0 Å². The summed E-state index contributed by atoms with van der Waals surface area (Å²) in [6, 6.07) is 6.17. The van der Waals surface area contributed by atoms with Gasteiger partial charge in [-0.25, -0.2) is 4.98 Å². The predicted molar refractivity (Wildman–Crippen MR) is 65.8 cm³/mol. The molecular formula is C13H17N3O. The molecule has 1 saturated heterocycles. The zero-order chi connectivity index (χ0) is 12.3. The largest absolute Gasteiger partial charge is 0.375 e. The Bertz CT molecular complexity index is 410. The lowest BCUT2D eigenvalue weighted by atomic mass is 10.1. The lowest BCUT2D eigenvalue weighted by Crippen LogP contribution is -2.48. The van der Waals surface area contributed by atoms with Crippen LogP contribution in [0.1, 0.15) is 26.0 Å². The number of morpholine rings is 1. The fourth-order valence-corrected chi connectivity index (χ4v) is 2.12. The first-order chi connectivity index (χ1) is 8.24. The summed E-state index contributed by atoms with van der Waals surface area (Å²) >= 11 is 0. The lowest BCUT2D eigenvalue weighted by Gasteiger charge is -2.39. The Morgan fingerprint density at radius 1 is 1.59 bits per heavy atom. The molecule has 0 saturated carbocycles. The summed E-state index contributed by atoms with van der Waals surface area (Å²) in [5, 5.41) is 8.73. The number of pyridine rings is 1. The van der Waals surface area contributed by atoms with Gasteiger partial charge in [0.15, 0.2) is 0 Å². The highest BCUT2D eigenvalue weighted by Gasteiger charge is 2.25. The van der Waals surface area contributed by atoms with E-state index in [-0.39, 0.29) is 6.10 Å². The first-order valence-corrected chi connectivity index (χ1v) is 5.99. The maximum Gasteiger partial charge on any atom is 0.140 e. The molecule has 90 valence electrons. The molecule has 1 aromatic rings. The third-order valence-electron chi connectivity index (χ3n) is 3.13. The summed E-state index contributed by atoms with van der Waals surface area (Å²) < 4.78 is 5.66. The molecule has 0 aliphatic carbocycles. The maximum absolute atomic E-state index is 8.73. The van der Waals surface area contributed by atoms with Crippen molar-refractivity contribution in [3.8, 4) is 6.07 Å². The molecule has 4 nitrogen and oxygen atoms in total. The molecule has 17 heavy (non-hydrogen) atoms. The van der Waals surface area contributed by atoms with Crippen LogP contribution in [-0.2, 0) is 4.74 Å². The quantitative estimate of drug-likeness (QED) is 0.780. The van der Waals surface area contributed by atoms with Crippen LogP contribution in [0.5, 0.6) is 0 Å². The standard InChI is InChI=1S/C13H17N3O/c1-3-12-9-17-10(2)8-16(12)13-5-4-11(6-14)15-7-13/h4-5,7,10,12H,3,8-9H2,1-2H3. The van der Waals surface area contributed by atoms with E-state index < -0.39 is 0 Å². The number of hydrogen-bond donors (Lipinski definition) is 0. The van der Waals surface area contributed by atoms with E-state index in [9.17, 15) is 0 Å². The molecule has 2 heterocycles. The molecule has 1 aromatic heterocycles. The molecule has 2 unspecified atom stereocenters. The number of aromatic nitrogens is 1. The Morgan fingerprint density at radius 3 is 3.00 bits per heavy atom. The average molecular weight is 231 g/mol. The number of nitrogens with zero attached hydrogens (tertiary/aromatic N) is 3. The predicted octanol–water partition coefficient (Wildman–Crippen LogP) is 1.96. The van der Waals surface area contributed by atoms with Crippen LogP contribution in [-0.4, -0.2) is 30.3 Å². The topological polar surface area (TPSA) is 49.1 Å². The van der Waals surface area contributed by atoms with Gasteiger partial charge in [-0.3, -0.25) is 0 Å². The van der Waals surface area contributed by atoms with Crippen molar-refractivity contribution in [2.24, 2.45) is 0 Å². The molecule has 0 N–H and O–H groups in total. The number of rotatable bonds is 2. The lowest BCUT2D eigenvalue weighted by molar-refractivity contribution is 0.0299. The highest BCUT2D eigenvalue weighted by Crippen LogP contribution is 2.22. The second-order valence-electron chi connectivity index (χ2n) is 4.37. The molecule has 2 rings (SSSR count). The molecule has 4 heteroatoms. The summed E-state index contributed by atoms with van der Waals surface area (Å²) in [6.45, 7) is 5.88.